The molecule has 1 atom stereocenters. The third kappa shape index (κ3) is 3.52. The Balaban J connectivity index is 1.65. The van der Waals surface area contributed by atoms with Gasteiger partial charge in [-0.05, 0) is 0 Å². The number of aromatic nitrogens is 3. The standard InChI is InChI=1S/C14H19N5O2S/c1-21-9-13(20)17-5-12-7-18(8-14-16-2-3-22-14)6-11-4-15-10-19(11)12/h2-4,10,12H,5-9H2,1H3,(H,17,20)/t12-/m1/s1. The van der Waals surface area contributed by atoms with Gasteiger partial charge in [0.05, 0.1) is 24.6 Å². The van der Waals surface area contributed by atoms with E-state index in [0.717, 1.165) is 30.3 Å². The van der Waals surface area contributed by atoms with E-state index in [1.54, 1.807) is 11.3 Å². The smallest absolute Gasteiger partial charge is 0.246 e. The topological polar surface area (TPSA) is 72.3 Å². The summed E-state index contributed by atoms with van der Waals surface area (Å²) in [6.45, 7) is 3.19. The molecule has 1 aliphatic heterocycles. The van der Waals surface area contributed by atoms with E-state index in [4.69, 9.17) is 4.74 Å². The van der Waals surface area contributed by atoms with Gasteiger partial charge in [-0.1, -0.05) is 0 Å². The average molecular weight is 321 g/mol. The van der Waals surface area contributed by atoms with Crippen molar-refractivity contribution in [3.05, 3.63) is 34.8 Å². The van der Waals surface area contributed by atoms with Gasteiger partial charge in [0.25, 0.3) is 0 Å². The van der Waals surface area contributed by atoms with Gasteiger partial charge in [-0.25, -0.2) is 9.97 Å². The van der Waals surface area contributed by atoms with Gasteiger partial charge in [0, 0.05) is 44.5 Å². The van der Waals surface area contributed by atoms with Gasteiger partial charge in [0.1, 0.15) is 11.6 Å². The Labute approximate surface area is 132 Å². The summed E-state index contributed by atoms with van der Waals surface area (Å²) in [7, 11) is 1.52. The third-order valence-corrected chi connectivity index (χ3v) is 4.41. The van der Waals surface area contributed by atoms with Crippen LogP contribution in [0.5, 0.6) is 0 Å². The number of imidazole rings is 1. The number of nitrogens with one attached hydrogen (secondary N) is 1. The molecule has 7 nitrogen and oxygen atoms in total. The number of carbonyl (C=O) groups excluding carboxylic acids is 1. The van der Waals surface area contributed by atoms with Gasteiger partial charge >= 0.3 is 0 Å². The van der Waals surface area contributed by atoms with E-state index in [2.05, 4.69) is 24.8 Å². The van der Waals surface area contributed by atoms with E-state index in [1.807, 2.05) is 24.1 Å². The molecule has 0 aromatic carbocycles. The summed E-state index contributed by atoms with van der Waals surface area (Å²) in [6, 6.07) is 0.173. The number of hydrogen-bond acceptors (Lipinski definition) is 6. The second-order valence-corrected chi connectivity index (χ2v) is 6.26. The van der Waals surface area contributed by atoms with Crippen LogP contribution in [-0.2, 0) is 22.6 Å². The molecule has 22 heavy (non-hydrogen) atoms. The summed E-state index contributed by atoms with van der Waals surface area (Å²) in [6.07, 6.45) is 5.55. The molecule has 1 aliphatic rings. The number of hydrogen-bond donors (Lipinski definition) is 1. The van der Waals surface area contributed by atoms with Gasteiger partial charge in [-0.15, -0.1) is 11.3 Å². The van der Waals surface area contributed by atoms with Crippen molar-refractivity contribution >= 4 is 17.2 Å². The highest BCUT2D eigenvalue weighted by atomic mass is 32.1. The van der Waals surface area contributed by atoms with Crippen LogP contribution in [-0.4, -0.2) is 52.1 Å². The van der Waals surface area contributed by atoms with Crippen molar-refractivity contribution in [1.29, 1.82) is 0 Å². The highest BCUT2D eigenvalue weighted by Crippen LogP contribution is 2.22. The number of carbonyl (C=O) groups is 1. The van der Waals surface area contributed by atoms with Crippen molar-refractivity contribution in [2.75, 3.05) is 26.8 Å². The molecular formula is C14H19N5O2S. The van der Waals surface area contributed by atoms with E-state index < -0.39 is 0 Å². The fourth-order valence-electron chi connectivity index (χ4n) is 2.68. The summed E-state index contributed by atoms with van der Waals surface area (Å²) in [4.78, 5) is 22.5. The molecule has 3 heterocycles. The maximum absolute atomic E-state index is 11.6. The van der Waals surface area contributed by atoms with Crippen LogP contribution in [0.2, 0.25) is 0 Å². The fourth-order valence-corrected chi connectivity index (χ4v) is 3.34. The maximum atomic E-state index is 11.6. The average Bonchev–Trinajstić information content (AvgIpc) is 3.16. The van der Waals surface area contributed by atoms with E-state index in [0.29, 0.717) is 6.54 Å². The van der Waals surface area contributed by atoms with Crippen molar-refractivity contribution < 1.29 is 9.53 Å². The normalized spacial score (nSPS) is 18.1. The number of thiazole rings is 1. The Kier molecular flexibility index (Phi) is 4.81. The van der Waals surface area contributed by atoms with E-state index in [-0.39, 0.29) is 18.6 Å². The Hall–Kier alpha value is -1.77. The number of amides is 1. The molecule has 1 N–H and O–H groups in total. The molecule has 1 amide bonds. The lowest BCUT2D eigenvalue weighted by molar-refractivity contribution is -0.124. The molecule has 118 valence electrons. The molecule has 0 fully saturated rings. The summed E-state index contributed by atoms with van der Waals surface area (Å²) in [5.41, 5.74) is 1.16. The highest BCUT2D eigenvalue weighted by Gasteiger charge is 2.25. The predicted octanol–water partition coefficient (Wildman–Crippen LogP) is 0.659. The summed E-state index contributed by atoms with van der Waals surface area (Å²) in [5.74, 6) is -0.0961. The van der Waals surface area contributed by atoms with Crippen LogP contribution in [0.1, 0.15) is 16.7 Å². The lowest BCUT2D eigenvalue weighted by Crippen LogP contribution is -2.42. The molecule has 0 unspecified atom stereocenters. The number of ether oxygens (including phenoxy) is 1. The molecule has 0 spiro atoms. The maximum Gasteiger partial charge on any atom is 0.246 e. The quantitative estimate of drug-likeness (QED) is 0.846. The minimum atomic E-state index is -0.0961. The van der Waals surface area contributed by atoms with Gasteiger partial charge in [-0.3, -0.25) is 9.69 Å². The predicted molar refractivity (Wildman–Crippen MR) is 82.4 cm³/mol. The minimum Gasteiger partial charge on any atom is -0.375 e. The molecule has 0 bridgehead atoms. The Morgan fingerprint density at radius 1 is 1.59 bits per heavy atom. The van der Waals surface area contributed by atoms with Crippen molar-refractivity contribution in [2.24, 2.45) is 0 Å². The number of fused-ring (bicyclic) bond motifs is 1. The zero-order chi connectivity index (χ0) is 15.4. The zero-order valence-electron chi connectivity index (χ0n) is 12.4. The lowest BCUT2D eigenvalue weighted by Gasteiger charge is -2.34. The van der Waals surface area contributed by atoms with Crippen molar-refractivity contribution in [3.8, 4) is 0 Å². The molecular weight excluding hydrogens is 302 g/mol. The third-order valence-electron chi connectivity index (χ3n) is 3.65. The molecule has 8 heteroatoms. The first-order chi connectivity index (χ1) is 10.8. The number of methoxy groups -OCH3 is 1. The number of rotatable bonds is 6. The lowest BCUT2D eigenvalue weighted by atomic mass is 10.2. The summed E-state index contributed by atoms with van der Waals surface area (Å²) >= 11 is 1.66. The Morgan fingerprint density at radius 3 is 3.27 bits per heavy atom. The van der Waals surface area contributed by atoms with Crippen molar-refractivity contribution in [1.82, 2.24) is 24.8 Å². The van der Waals surface area contributed by atoms with Gasteiger partial charge < -0.3 is 14.6 Å². The highest BCUT2D eigenvalue weighted by molar-refractivity contribution is 7.09. The number of nitrogens with zero attached hydrogens (tertiary/aromatic N) is 4. The van der Waals surface area contributed by atoms with E-state index in [1.165, 1.54) is 7.11 Å². The summed E-state index contributed by atoms with van der Waals surface area (Å²) < 4.78 is 6.99. The van der Waals surface area contributed by atoms with Gasteiger partial charge in [-0.2, -0.15) is 0 Å². The fraction of sp³-hybridized carbons (Fsp3) is 0.500. The molecule has 0 saturated heterocycles. The van der Waals surface area contributed by atoms with Crippen LogP contribution < -0.4 is 5.32 Å². The SMILES string of the molecule is COCC(=O)NC[C@@H]1CN(Cc2nccs2)Cc2cncn21. The van der Waals surface area contributed by atoms with E-state index >= 15 is 0 Å². The molecule has 0 radical (unpaired) electrons. The van der Waals surface area contributed by atoms with Crippen LogP contribution >= 0.6 is 11.3 Å². The summed E-state index contributed by atoms with van der Waals surface area (Å²) in [5, 5.41) is 6.01. The zero-order valence-corrected chi connectivity index (χ0v) is 13.3. The van der Waals surface area contributed by atoms with Crippen molar-refractivity contribution in [3.63, 3.8) is 0 Å². The molecule has 2 aromatic heterocycles. The monoisotopic (exact) mass is 321 g/mol. The first-order valence-electron chi connectivity index (χ1n) is 7.13. The van der Waals surface area contributed by atoms with Crippen LogP contribution in [0.4, 0.5) is 0 Å². The first-order valence-corrected chi connectivity index (χ1v) is 8.01. The Bertz CT molecular complexity index is 613. The molecule has 0 saturated carbocycles. The Morgan fingerprint density at radius 2 is 2.50 bits per heavy atom. The molecule has 0 aliphatic carbocycles. The molecule has 2 aromatic rings. The van der Waals surface area contributed by atoms with Gasteiger partial charge in [0.2, 0.25) is 5.91 Å². The minimum absolute atomic E-state index is 0.0896. The second kappa shape index (κ2) is 6.99. The molecule has 3 rings (SSSR count). The largest absolute Gasteiger partial charge is 0.375 e. The first kappa shape index (κ1) is 15.1. The van der Waals surface area contributed by atoms with Gasteiger partial charge in [0.15, 0.2) is 0 Å². The van der Waals surface area contributed by atoms with Crippen molar-refractivity contribution in [2.45, 2.75) is 19.1 Å². The van der Waals surface area contributed by atoms with Crippen LogP contribution in [0.3, 0.4) is 0 Å². The van der Waals surface area contributed by atoms with E-state index in [9.17, 15) is 4.79 Å². The van der Waals surface area contributed by atoms with Crippen LogP contribution in [0, 0.1) is 0 Å². The van der Waals surface area contributed by atoms with Crippen LogP contribution in [0.15, 0.2) is 24.1 Å². The second-order valence-electron chi connectivity index (χ2n) is 5.28. The van der Waals surface area contributed by atoms with Crippen LogP contribution in [0.25, 0.3) is 0 Å².